The summed E-state index contributed by atoms with van der Waals surface area (Å²) >= 11 is 0. The standard InChI is InChI=1S/C12H15FN2O2/c1-17-11-5-4-8(7-9(11)13)15-6-2-3-10(14)12(15)16/h4-5,7,10H,2-3,6,14H2,1H3. The number of hydrogen-bond acceptors (Lipinski definition) is 3. The van der Waals surface area contributed by atoms with Gasteiger partial charge in [-0.25, -0.2) is 4.39 Å². The van der Waals surface area contributed by atoms with Crippen LogP contribution in [0.2, 0.25) is 0 Å². The molecule has 92 valence electrons. The lowest BCUT2D eigenvalue weighted by Crippen LogP contribution is -2.48. The van der Waals surface area contributed by atoms with Gasteiger partial charge in [0, 0.05) is 18.3 Å². The predicted octanol–water partition coefficient (Wildman–Crippen LogP) is 1.29. The number of ether oxygens (including phenoxy) is 1. The molecule has 2 N–H and O–H groups in total. The van der Waals surface area contributed by atoms with Crippen LogP contribution in [0.15, 0.2) is 18.2 Å². The molecule has 1 aliphatic heterocycles. The van der Waals surface area contributed by atoms with E-state index in [1.165, 1.54) is 24.1 Å². The first kappa shape index (κ1) is 11.9. The summed E-state index contributed by atoms with van der Waals surface area (Å²) in [5.41, 5.74) is 6.22. The van der Waals surface area contributed by atoms with Gasteiger partial charge in [-0.15, -0.1) is 0 Å². The first-order valence-electron chi connectivity index (χ1n) is 5.54. The van der Waals surface area contributed by atoms with Crippen LogP contribution < -0.4 is 15.4 Å². The highest BCUT2D eigenvalue weighted by molar-refractivity contribution is 5.97. The van der Waals surface area contributed by atoms with E-state index >= 15 is 0 Å². The predicted molar refractivity (Wildman–Crippen MR) is 62.5 cm³/mol. The number of hydrogen-bond donors (Lipinski definition) is 1. The summed E-state index contributed by atoms with van der Waals surface area (Å²) in [6.07, 6.45) is 1.52. The van der Waals surface area contributed by atoms with Crippen LogP contribution in [0.3, 0.4) is 0 Å². The monoisotopic (exact) mass is 238 g/mol. The largest absolute Gasteiger partial charge is 0.494 e. The minimum atomic E-state index is -0.478. The summed E-state index contributed by atoms with van der Waals surface area (Å²) < 4.78 is 18.4. The quantitative estimate of drug-likeness (QED) is 0.844. The second-order valence-electron chi connectivity index (χ2n) is 4.06. The smallest absolute Gasteiger partial charge is 0.243 e. The first-order chi connectivity index (χ1) is 8.13. The van der Waals surface area contributed by atoms with Gasteiger partial charge in [0.05, 0.1) is 13.2 Å². The molecule has 0 spiro atoms. The van der Waals surface area contributed by atoms with Gasteiger partial charge in [0.1, 0.15) is 0 Å². The van der Waals surface area contributed by atoms with E-state index in [9.17, 15) is 9.18 Å². The van der Waals surface area contributed by atoms with Gasteiger partial charge in [-0.3, -0.25) is 4.79 Å². The third kappa shape index (κ3) is 2.24. The molecule has 1 unspecified atom stereocenters. The van der Waals surface area contributed by atoms with Crippen molar-refractivity contribution >= 4 is 11.6 Å². The Morgan fingerprint density at radius 3 is 2.94 bits per heavy atom. The summed E-state index contributed by atoms with van der Waals surface area (Å²) in [6, 6.07) is 4.00. The summed E-state index contributed by atoms with van der Waals surface area (Å²) in [5.74, 6) is -0.458. The number of methoxy groups -OCH3 is 1. The highest BCUT2D eigenvalue weighted by Crippen LogP contribution is 2.26. The molecule has 1 heterocycles. The third-order valence-corrected chi connectivity index (χ3v) is 2.93. The fourth-order valence-electron chi connectivity index (χ4n) is 1.98. The van der Waals surface area contributed by atoms with Crippen LogP contribution >= 0.6 is 0 Å². The molecular formula is C12H15FN2O2. The van der Waals surface area contributed by atoms with Crippen molar-refractivity contribution in [2.45, 2.75) is 18.9 Å². The summed E-state index contributed by atoms with van der Waals surface area (Å²) in [6.45, 7) is 0.582. The minimum absolute atomic E-state index is 0.152. The lowest BCUT2D eigenvalue weighted by atomic mass is 10.0. The van der Waals surface area contributed by atoms with E-state index in [2.05, 4.69) is 0 Å². The Morgan fingerprint density at radius 2 is 2.29 bits per heavy atom. The van der Waals surface area contributed by atoms with Crippen molar-refractivity contribution in [3.63, 3.8) is 0 Å². The normalized spacial score (nSPS) is 20.5. The summed E-state index contributed by atoms with van der Waals surface area (Å²) in [5, 5.41) is 0. The molecular weight excluding hydrogens is 223 g/mol. The van der Waals surface area contributed by atoms with Crippen molar-refractivity contribution in [1.82, 2.24) is 0 Å². The Bertz CT molecular complexity index is 437. The lowest BCUT2D eigenvalue weighted by Gasteiger charge is -2.30. The zero-order valence-electron chi connectivity index (χ0n) is 9.65. The molecule has 2 rings (SSSR count). The molecule has 1 fully saturated rings. The topological polar surface area (TPSA) is 55.6 Å². The zero-order valence-corrected chi connectivity index (χ0v) is 9.65. The molecule has 4 nitrogen and oxygen atoms in total. The Morgan fingerprint density at radius 1 is 1.53 bits per heavy atom. The molecule has 1 amide bonds. The molecule has 0 bridgehead atoms. The van der Waals surface area contributed by atoms with Crippen molar-refractivity contribution in [2.75, 3.05) is 18.6 Å². The van der Waals surface area contributed by atoms with Crippen molar-refractivity contribution in [3.8, 4) is 5.75 Å². The van der Waals surface area contributed by atoms with Gasteiger partial charge in [0.15, 0.2) is 11.6 Å². The second-order valence-corrected chi connectivity index (χ2v) is 4.06. The van der Waals surface area contributed by atoms with Gasteiger partial charge in [0.25, 0.3) is 0 Å². The number of anilines is 1. The van der Waals surface area contributed by atoms with Gasteiger partial charge >= 0.3 is 0 Å². The maximum Gasteiger partial charge on any atom is 0.243 e. The number of piperidine rings is 1. The molecule has 0 radical (unpaired) electrons. The van der Waals surface area contributed by atoms with E-state index in [0.717, 1.165) is 6.42 Å². The molecule has 0 aliphatic carbocycles. The van der Waals surface area contributed by atoms with E-state index in [1.807, 2.05) is 0 Å². The highest BCUT2D eigenvalue weighted by Gasteiger charge is 2.27. The second kappa shape index (κ2) is 4.71. The Balaban J connectivity index is 2.27. The van der Waals surface area contributed by atoms with E-state index in [4.69, 9.17) is 10.5 Å². The van der Waals surface area contributed by atoms with Gasteiger partial charge < -0.3 is 15.4 Å². The fraction of sp³-hybridized carbons (Fsp3) is 0.417. The number of carbonyl (C=O) groups is 1. The van der Waals surface area contributed by atoms with Crippen LogP contribution in [0.25, 0.3) is 0 Å². The lowest BCUT2D eigenvalue weighted by molar-refractivity contribution is -0.120. The number of nitrogens with zero attached hydrogens (tertiary/aromatic N) is 1. The van der Waals surface area contributed by atoms with Crippen LogP contribution in [0, 0.1) is 5.82 Å². The first-order valence-corrected chi connectivity index (χ1v) is 5.54. The molecule has 17 heavy (non-hydrogen) atoms. The van der Waals surface area contributed by atoms with Crippen LogP contribution in [0.1, 0.15) is 12.8 Å². The van der Waals surface area contributed by atoms with E-state index in [0.29, 0.717) is 18.7 Å². The highest BCUT2D eigenvalue weighted by atomic mass is 19.1. The number of benzene rings is 1. The van der Waals surface area contributed by atoms with Crippen LogP contribution in [0.5, 0.6) is 5.75 Å². The average Bonchev–Trinajstić information content (AvgIpc) is 2.32. The van der Waals surface area contributed by atoms with Gasteiger partial charge in [0.2, 0.25) is 5.91 Å². The van der Waals surface area contributed by atoms with Crippen molar-refractivity contribution in [1.29, 1.82) is 0 Å². The van der Waals surface area contributed by atoms with Gasteiger partial charge in [-0.05, 0) is 25.0 Å². The SMILES string of the molecule is COc1ccc(N2CCCC(N)C2=O)cc1F. The number of amides is 1. The maximum absolute atomic E-state index is 13.5. The average molecular weight is 238 g/mol. The van der Waals surface area contributed by atoms with Gasteiger partial charge in [-0.1, -0.05) is 0 Å². The van der Waals surface area contributed by atoms with Crippen LogP contribution in [-0.4, -0.2) is 25.6 Å². The Labute approximate surface area is 99.2 Å². The number of halogens is 1. The molecule has 1 saturated heterocycles. The number of carbonyl (C=O) groups excluding carboxylic acids is 1. The minimum Gasteiger partial charge on any atom is -0.494 e. The molecule has 0 aromatic heterocycles. The van der Waals surface area contributed by atoms with Crippen LogP contribution in [0.4, 0.5) is 10.1 Å². The number of rotatable bonds is 2. The number of nitrogens with two attached hydrogens (primary N) is 1. The maximum atomic E-state index is 13.5. The molecule has 1 aromatic carbocycles. The zero-order chi connectivity index (χ0) is 12.4. The van der Waals surface area contributed by atoms with Crippen molar-refractivity contribution in [3.05, 3.63) is 24.0 Å². The fourth-order valence-corrected chi connectivity index (χ4v) is 1.98. The summed E-state index contributed by atoms with van der Waals surface area (Å²) in [4.78, 5) is 13.4. The molecule has 0 saturated carbocycles. The summed E-state index contributed by atoms with van der Waals surface area (Å²) in [7, 11) is 1.40. The molecule has 1 aromatic rings. The third-order valence-electron chi connectivity index (χ3n) is 2.93. The Kier molecular flexibility index (Phi) is 3.28. The van der Waals surface area contributed by atoms with Crippen molar-refractivity contribution in [2.24, 2.45) is 5.73 Å². The van der Waals surface area contributed by atoms with E-state index < -0.39 is 11.9 Å². The van der Waals surface area contributed by atoms with E-state index in [1.54, 1.807) is 6.07 Å². The molecule has 5 heteroatoms. The van der Waals surface area contributed by atoms with Crippen LogP contribution in [-0.2, 0) is 4.79 Å². The van der Waals surface area contributed by atoms with Crippen molar-refractivity contribution < 1.29 is 13.9 Å². The molecule has 1 atom stereocenters. The van der Waals surface area contributed by atoms with Gasteiger partial charge in [-0.2, -0.15) is 0 Å². The van der Waals surface area contributed by atoms with E-state index in [-0.39, 0.29) is 11.7 Å². The molecule has 1 aliphatic rings. The Hall–Kier alpha value is -1.62.